The molecule has 110 valence electrons. The molecule has 0 fully saturated rings. The Bertz CT molecular complexity index is 640. The number of amides is 1. The highest BCUT2D eigenvalue weighted by atomic mass is 35.5. The summed E-state index contributed by atoms with van der Waals surface area (Å²) in [6.45, 7) is 0.253. The lowest BCUT2D eigenvalue weighted by Gasteiger charge is -2.18. The lowest BCUT2D eigenvalue weighted by Crippen LogP contribution is -2.28. The van der Waals surface area contributed by atoms with Crippen LogP contribution in [0.5, 0.6) is 0 Å². The molecule has 0 unspecified atom stereocenters. The van der Waals surface area contributed by atoms with Gasteiger partial charge >= 0.3 is 0 Å². The molecular formula is C16H14ClF2NO. The number of nitrogens with zero attached hydrogens (tertiary/aromatic N) is 1. The predicted octanol–water partition coefficient (Wildman–Crippen LogP) is 3.82. The summed E-state index contributed by atoms with van der Waals surface area (Å²) in [6, 6.07) is 10.3. The van der Waals surface area contributed by atoms with E-state index in [1.807, 2.05) is 0 Å². The maximum atomic E-state index is 13.6. The summed E-state index contributed by atoms with van der Waals surface area (Å²) in [6.07, 6.45) is -0.128. The van der Waals surface area contributed by atoms with E-state index in [9.17, 15) is 13.6 Å². The highest BCUT2D eigenvalue weighted by molar-refractivity contribution is 6.31. The minimum Gasteiger partial charge on any atom is -0.341 e. The molecule has 0 N–H and O–H groups in total. The molecule has 2 aromatic carbocycles. The minimum atomic E-state index is -0.505. The van der Waals surface area contributed by atoms with Crippen molar-refractivity contribution in [3.63, 3.8) is 0 Å². The molecule has 0 heterocycles. The van der Waals surface area contributed by atoms with E-state index in [-0.39, 0.29) is 35.3 Å². The predicted molar refractivity (Wildman–Crippen MR) is 78.0 cm³/mol. The van der Waals surface area contributed by atoms with Crippen molar-refractivity contribution in [1.29, 1.82) is 0 Å². The van der Waals surface area contributed by atoms with E-state index in [0.29, 0.717) is 5.56 Å². The van der Waals surface area contributed by atoms with Crippen LogP contribution in [0.2, 0.25) is 5.02 Å². The first-order valence-electron chi connectivity index (χ1n) is 6.38. The van der Waals surface area contributed by atoms with Gasteiger partial charge in [-0.15, -0.1) is 0 Å². The fourth-order valence-electron chi connectivity index (χ4n) is 1.98. The third-order valence-corrected chi connectivity index (χ3v) is 3.48. The van der Waals surface area contributed by atoms with Crippen molar-refractivity contribution in [2.24, 2.45) is 0 Å². The normalized spacial score (nSPS) is 10.5. The first-order chi connectivity index (χ1) is 9.97. The number of hydrogen-bond donors (Lipinski definition) is 0. The summed E-state index contributed by atoms with van der Waals surface area (Å²) >= 11 is 5.90. The van der Waals surface area contributed by atoms with Crippen molar-refractivity contribution in [3.8, 4) is 0 Å². The summed E-state index contributed by atoms with van der Waals surface area (Å²) in [5.74, 6) is -1.15. The van der Waals surface area contributed by atoms with Gasteiger partial charge in [-0.25, -0.2) is 8.78 Å². The van der Waals surface area contributed by atoms with Crippen LogP contribution in [-0.2, 0) is 17.8 Å². The monoisotopic (exact) mass is 309 g/mol. The number of carbonyl (C=O) groups is 1. The molecule has 0 aromatic heterocycles. The zero-order chi connectivity index (χ0) is 15.4. The molecule has 5 heteroatoms. The van der Waals surface area contributed by atoms with Crippen LogP contribution >= 0.6 is 11.6 Å². The zero-order valence-corrected chi connectivity index (χ0v) is 12.2. The summed E-state index contributed by atoms with van der Waals surface area (Å²) in [5, 5.41) is 0.225. The van der Waals surface area contributed by atoms with Gasteiger partial charge in [0.05, 0.1) is 6.42 Å². The van der Waals surface area contributed by atoms with E-state index in [1.54, 1.807) is 25.2 Å². The average Bonchev–Trinajstić information content (AvgIpc) is 2.43. The Hall–Kier alpha value is -1.94. The maximum absolute atomic E-state index is 13.6. The highest BCUT2D eigenvalue weighted by Crippen LogP contribution is 2.20. The minimum absolute atomic E-state index is 0.128. The summed E-state index contributed by atoms with van der Waals surface area (Å²) < 4.78 is 26.8. The Morgan fingerprint density at radius 1 is 1.19 bits per heavy atom. The SMILES string of the molecule is CN(Cc1cccc(F)c1)C(=O)Cc1c(F)cccc1Cl. The van der Waals surface area contributed by atoms with Crippen LogP contribution in [0.15, 0.2) is 42.5 Å². The molecule has 1 amide bonds. The van der Waals surface area contributed by atoms with Crippen LogP contribution < -0.4 is 0 Å². The molecular weight excluding hydrogens is 296 g/mol. The van der Waals surface area contributed by atoms with E-state index in [0.717, 1.165) is 0 Å². The molecule has 0 aliphatic rings. The number of halogens is 3. The van der Waals surface area contributed by atoms with Crippen molar-refractivity contribution in [2.75, 3.05) is 7.05 Å². The summed E-state index contributed by atoms with van der Waals surface area (Å²) in [5.41, 5.74) is 0.848. The van der Waals surface area contributed by atoms with Gasteiger partial charge in [-0.3, -0.25) is 4.79 Å². The second kappa shape index (κ2) is 6.68. The lowest BCUT2D eigenvalue weighted by molar-refractivity contribution is -0.129. The molecule has 0 saturated heterocycles. The topological polar surface area (TPSA) is 20.3 Å². The Morgan fingerprint density at radius 2 is 1.90 bits per heavy atom. The molecule has 0 bridgehead atoms. The highest BCUT2D eigenvalue weighted by Gasteiger charge is 2.15. The second-order valence-electron chi connectivity index (χ2n) is 4.76. The number of hydrogen-bond acceptors (Lipinski definition) is 1. The van der Waals surface area contributed by atoms with Crippen molar-refractivity contribution in [1.82, 2.24) is 4.90 Å². The Labute approximate surface area is 127 Å². The van der Waals surface area contributed by atoms with Crippen LogP contribution in [0, 0.1) is 11.6 Å². The molecule has 0 atom stereocenters. The smallest absolute Gasteiger partial charge is 0.227 e. The van der Waals surface area contributed by atoms with E-state index < -0.39 is 5.82 Å². The van der Waals surface area contributed by atoms with Crippen molar-refractivity contribution in [3.05, 3.63) is 70.2 Å². The van der Waals surface area contributed by atoms with Gasteiger partial charge in [0.2, 0.25) is 5.91 Å². The van der Waals surface area contributed by atoms with E-state index in [4.69, 9.17) is 11.6 Å². The summed E-state index contributed by atoms with van der Waals surface area (Å²) in [4.78, 5) is 13.5. The van der Waals surface area contributed by atoms with Gasteiger partial charge in [-0.2, -0.15) is 0 Å². The second-order valence-corrected chi connectivity index (χ2v) is 5.16. The first kappa shape index (κ1) is 15.4. The molecule has 0 spiro atoms. The number of carbonyl (C=O) groups excluding carboxylic acids is 1. The molecule has 0 radical (unpaired) electrons. The van der Waals surface area contributed by atoms with Crippen LogP contribution in [0.4, 0.5) is 8.78 Å². The summed E-state index contributed by atoms with van der Waals surface area (Å²) in [7, 11) is 1.59. The van der Waals surface area contributed by atoms with Gasteiger partial charge in [0.15, 0.2) is 0 Å². The fourth-order valence-corrected chi connectivity index (χ4v) is 2.21. The molecule has 2 nitrogen and oxygen atoms in total. The van der Waals surface area contributed by atoms with E-state index >= 15 is 0 Å². The molecule has 0 saturated carbocycles. The van der Waals surface area contributed by atoms with Crippen molar-refractivity contribution >= 4 is 17.5 Å². The Kier molecular flexibility index (Phi) is 4.91. The molecule has 0 aliphatic carbocycles. The largest absolute Gasteiger partial charge is 0.341 e. The third kappa shape index (κ3) is 4.02. The van der Waals surface area contributed by atoms with Crippen molar-refractivity contribution in [2.45, 2.75) is 13.0 Å². The Morgan fingerprint density at radius 3 is 2.57 bits per heavy atom. The maximum Gasteiger partial charge on any atom is 0.227 e. The van der Waals surface area contributed by atoms with Crippen LogP contribution in [-0.4, -0.2) is 17.9 Å². The molecule has 2 aromatic rings. The van der Waals surface area contributed by atoms with Crippen molar-refractivity contribution < 1.29 is 13.6 Å². The third-order valence-electron chi connectivity index (χ3n) is 3.12. The molecule has 0 aliphatic heterocycles. The lowest BCUT2D eigenvalue weighted by atomic mass is 10.1. The number of likely N-dealkylation sites (N-methyl/N-ethyl adjacent to an activating group) is 1. The number of benzene rings is 2. The van der Waals surface area contributed by atoms with Gasteiger partial charge < -0.3 is 4.90 Å². The van der Waals surface area contributed by atoms with Gasteiger partial charge in [0.25, 0.3) is 0 Å². The fraction of sp³-hybridized carbons (Fsp3) is 0.188. The van der Waals surface area contributed by atoms with E-state index in [2.05, 4.69) is 0 Å². The van der Waals surface area contributed by atoms with E-state index in [1.165, 1.54) is 29.2 Å². The average molecular weight is 310 g/mol. The first-order valence-corrected chi connectivity index (χ1v) is 6.76. The van der Waals surface area contributed by atoms with Gasteiger partial charge in [-0.1, -0.05) is 29.8 Å². The van der Waals surface area contributed by atoms with Gasteiger partial charge in [0.1, 0.15) is 11.6 Å². The quantitative estimate of drug-likeness (QED) is 0.841. The molecule has 2 rings (SSSR count). The zero-order valence-electron chi connectivity index (χ0n) is 11.4. The molecule has 21 heavy (non-hydrogen) atoms. The van der Waals surface area contributed by atoms with Gasteiger partial charge in [0, 0.05) is 24.2 Å². The van der Waals surface area contributed by atoms with Crippen LogP contribution in [0.25, 0.3) is 0 Å². The van der Waals surface area contributed by atoms with Crippen LogP contribution in [0.3, 0.4) is 0 Å². The van der Waals surface area contributed by atoms with Crippen LogP contribution in [0.1, 0.15) is 11.1 Å². The number of rotatable bonds is 4. The van der Waals surface area contributed by atoms with Gasteiger partial charge in [-0.05, 0) is 29.8 Å². The Balaban J connectivity index is 2.06. The standard InChI is InChI=1S/C16H14ClF2NO/c1-20(10-11-4-2-5-12(18)8-11)16(21)9-13-14(17)6-3-7-15(13)19/h2-8H,9-10H2,1H3.